The van der Waals surface area contributed by atoms with Crippen LogP contribution in [0.1, 0.15) is 26.4 Å². The molecule has 32 heavy (non-hydrogen) atoms. The highest BCUT2D eigenvalue weighted by molar-refractivity contribution is 7.17. The van der Waals surface area contributed by atoms with E-state index in [1.54, 1.807) is 12.3 Å². The van der Waals surface area contributed by atoms with Crippen molar-refractivity contribution >= 4 is 34.5 Å². The van der Waals surface area contributed by atoms with Crippen molar-refractivity contribution in [2.24, 2.45) is 5.73 Å². The van der Waals surface area contributed by atoms with Crippen molar-refractivity contribution in [3.63, 3.8) is 0 Å². The van der Waals surface area contributed by atoms with Crippen LogP contribution in [0.5, 0.6) is 5.75 Å². The molecule has 0 radical (unpaired) electrons. The number of nitrogens with two attached hydrogens (primary N) is 1. The number of fused-ring (bicyclic) bond motifs is 1. The molecule has 0 aliphatic heterocycles. The maximum atomic E-state index is 12.0. The minimum atomic E-state index is -0.546. The number of aliphatic hydroxyl groups is 1. The molecule has 4 rings (SSSR count). The summed E-state index contributed by atoms with van der Waals surface area (Å²) >= 11 is 7.65. The lowest BCUT2D eigenvalue weighted by atomic mass is 10.1. The molecular weight excluding hydrogens is 448 g/mol. The Labute approximate surface area is 194 Å². The number of amides is 1. The van der Waals surface area contributed by atoms with Crippen molar-refractivity contribution in [1.29, 1.82) is 0 Å². The third-order valence-corrected chi connectivity index (χ3v) is 6.56. The van der Waals surface area contributed by atoms with Gasteiger partial charge in [-0.1, -0.05) is 29.8 Å². The number of halogens is 1. The number of primary amides is 1. The molecule has 0 fully saturated rings. The number of rotatable bonds is 9. The average molecular weight is 471 g/mol. The topological polar surface area (TPSA) is 102 Å². The second-order valence-corrected chi connectivity index (χ2v) is 8.75. The summed E-state index contributed by atoms with van der Waals surface area (Å²) in [7, 11) is 1.89. The smallest absolute Gasteiger partial charge is 0.262 e. The van der Waals surface area contributed by atoms with Gasteiger partial charge in [0.2, 0.25) is 0 Å². The number of hydrogen-bond donors (Lipinski definition) is 3. The van der Waals surface area contributed by atoms with Gasteiger partial charge < -0.3 is 20.9 Å². The maximum absolute atomic E-state index is 12.0. The number of nitrogens with one attached hydrogen (secondary N) is 1. The Morgan fingerprint density at radius 1 is 1.28 bits per heavy atom. The Balaban J connectivity index is 1.55. The highest BCUT2D eigenvalue weighted by atomic mass is 35.5. The largest absolute Gasteiger partial charge is 0.491 e. The van der Waals surface area contributed by atoms with Crippen molar-refractivity contribution in [3.05, 3.63) is 75.4 Å². The minimum absolute atomic E-state index is 0.0720. The van der Waals surface area contributed by atoms with Crippen molar-refractivity contribution in [1.82, 2.24) is 14.7 Å². The molecule has 0 saturated carbocycles. The predicted molar refractivity (Wildman–Crippen MR) is 126 cm³/mol. The number of pyridine rings is 1. The van der Waals surface area contributed by atoms with E-state index >= 15 is 0 Å². The molecule has 0 aliphatic rings. The Bertz CT molecular complexity index is 1270. The molecule has 9 heteroatoms. The van der Waals surface area contributed by atoms with E-state index in [0.717, 1.165) is 39.5 Å². The molecule has 0 spiro atoms. The number of imidazole rings is 1. The fourth-order valence-corrected chi connectivity index (χ4v) is 4.72. The van der Waals surface area contributed by atoms with Gasteiger partial charge in [0.05, 0.1) is 30.0 Å². The second-order valence-electron chi connectivity index (χ2n) is 7.29. The molecule has 0 bridgehead atoms. The molecule has 0 aliphatic carbocycles. The van der Waals surface area contributed by atoms with Gasteiger partial charge in [-0.05, 0) is 35.9 Å². The zero-order chi connectivity index (χ0) is 22.7. The van der Waals surface area contributed by atoms with E-state index in [4.69, 9.17) is 22.1 Å². The summed E-state index contributed by atoms with van der Waals surface area (Å²) in [5.41, 5.74) is 9.98. The van der Waals surface area contributed by atoms with E-state index in [2.05, 4.69) is 10.3 Å². The van der Waals surface area contributed by atoms with Crippen LogP contribution >= 0.6 is 22.9 Å². The summed E-state index contributed by atoms with van der Waals surface area (Å²) in [4.78, 5) is 17.6. The van der Waals surface area contributed by atoms with Crippen LogP contribution in [-0.2, 0) is 19.6 Å². The molecule has 0 unspecified atom stereocenters. The summed E-state index contributed by atoms with van der Waals surface area (Å²) in [6.45, 7) is 1.03. The zero-order valence-corrected chi connectivity index (χ0v) is 19.0. The van der Waals surface area contributed by atoms with E-state index in [1.165, 1.54) is 11.3 Å². The number of carbonyl (C=O) groups excluding carboxylic acids is 1. The normalized spacial score (nSPS) is 11.2. The van der Waals surface area contributed by atoms with Gasteiger partial charge in [-0.25, -0.2) is 4.98 Å². The molecule has 4 aromatic rings. The van der Waals surface area contributed by atoms with Crippen LogP contribution < -0.4 is 15.8 Å². The standard InChI is InChI=1S/C23H23ClN4O3S/c1-26-10-14-2-4-16(17(24)8-14)6-7-31-19-9-20(32-22(19)23(25)30)18-11-27-21-5-3-15(13-29)12-28(18)21/h2-5,8-9,11-12,26,29H,6-7,10,13H2,1H3,(H2,25,30). The lowest BCUT2D eigenvalue weighted by Gasteiger charge is -2.09. The van der Waals surface area contributed by atoms with Gasteiger partial charge in [0.25, 0.3) is 5.91 Å². The van der Waals surface area contributed by atoms with E-state index < -0.39 is 5.91 Å². The first kappa shape index (κ1) is 22.3. The van der Waals surface area contributed by atoms with Crippen LogP contribution in [0.4, 0.5) is 0 Å². The van der Waals surface area contributed by atoms with Crippen molar-refractivity contribution in [2.75, 3.05) is 13.7 Å². The van der Waals surface area contributed by atoms with E-state index in [1.807, 2.05) is 48.0 Å². The minimum Gasteiger partial charge on any atom is -0.491 e. The summed E-state index contributed by atoms with van der Waals surface area (Å²) < 4.78 is 7.81. The first-order valence-electron chi connectivity index (χ1n) is 10.1. The van der Waals surface area contributed by atoms with Crippen LogP contribution in [0.2, 0.25) is 5.02 Å². The molecule has 3 heterocycles. The van der Waals surface area contributed by atoms with Gasteiger partial charge in [-0.3, -0.25) is 9.20 Å². The molecule has 7 nitrogen and oxygen atoms in total. The van der Waals surface area contributed by atoms with Crippen LogP contribution in [0.15, 0.2) is 48.8 Å². The van der Waals surface area contributed by atoms with Gasteiger partial charge >= 0.3 is 0 Å². The fraction of sp³-hybridized carbons (Fsp3) is 0.217. The quantitative estimate of drug-likeness (QED) is 0.346. The number of hydrogen-bond acceptors (Lipinski definition) is 6. The summed E-state index contributed by atoms with van der Waals surface area (Å²) in [6.07, 6.45) is 4.14. The number of aromatic nitrogens is 2. The number of nitrogens with zero attached hydrogens (tertiary/aromatic N) is 2. The summed E-state index contributed by atoms with van der Waals surface area (Å²) in [5, 5.41) is 13.2. The first-order chi connectivity index (χ1) is 15.5. The van der Waals surface area contributed by atoms with Crippen molar-refractivity contribution in [2.45, 2.75) is 19.6 Å². The maximum Gasteiger partial charge on any atom is 0.262 e. The molecule has 1 aromatic carbocycles. The van der Waals surface area contributed by atoms with Crippen LogP contribution in [0, 0.1) is 0 Å². The monoisotopic (exact) mass is 470 g/mol. The molecule has 4 N–H and O–H groups in total. The summed E-state index contributed by atoms with van der Waals surface area (Å²) in [6, 6.07) is 11.4. The van der Waals surface area contributed by atoms with Crippen molar-refractivity contribution < 1.29 is 14.6 Å². The van der Waals surface area contributed by atoms with Gasteiger partial charge in [-0.2, -0.15) is 0 Å². The first-order valence-corrected chi connectivity index (χ1v) is 11.2. The lowest BCUT2D eigenvalue weighted by Crippen LogP contribution is -2.11. The molecule has 1 amide bonds. The zero-order valence-electron chi connectivity index (χ0n) is 17.5. The van der Waals surface area contributed by atoms with Gasteiger partial charge in [0, 0.05) is 30.3 Å². The van der Waals surface area contributed by atoms with Crippen LogP contribution in [-0.4, -0.2) is 34.1 Å². The Morgan fingerprint density at radius 3 is 2.81 bits per heavy atom. The SMILES string of the molecule is CNCc1ccc(CCOc2cc(-c3cnc4ccc(CO)cn34)sc2C(N)=O)c(Cl)c1. The Kier molecular flexibility index (Phi) is 6.76. The number of aliphatic hydroxyl groups excluding tert-OH is 1. The number of benzene rings is 1. The fourth-order valence-electron chi connectivity index (χ4n) is 3.46. The summed E-state index contributed by atoms with van der Waals surface area (Å²) in [5.74, 6) is -0.107. The highest BCUT2D eigenvalue weighted by Crippen LogP contribution is 2.36. The number of carbonyl (C=O) groups is 1. The van der Waals surface area contributed by atoms with Crippen LogP contribution in [0.3, 0.4) is 0 Å². The van der Waals surface area contributed by atoms with Gasteiger partial charge in [0.1, 0.15) is 16.3 Å². The molecular formula is C23H23ClN4O3S. The Morgan fingerprint density at radius 2 is 2.09 bits per heavy atom. The predicted octanol–water partition coefficient (Wildman–Crippen LogP) is 3.65. The molecule has 0 saturated heterocycles. The second kappa shape index (κ2) is 9.70. The van der Waals surface area contributed by atoms with Gasteiger partial charge in [-0.15, -0.1) is 11.3 Å². The average Bonchev–Trinajstić information content (AvgIpc) is 3.39. The molecule has 0 atom stereocenters. The van der Waals surface area contributed by atoms with E-state index in [9.17, 15) is 9.90 Å². The molecule has 3 aromatic heterocycles. The number of thiophene rings is 1. The third kappa shape index (κ3) is 4.63. The van der Waals surface area contributed by atoms with E-state index in [0.29, 0.717) is 28.7 Å². The van der Waals surface area contributed by atoms with Crippen molar-refractivity contribution in [3.8, 4) is 16.3 Å². The highest BCUT2D eigenvalue weighted by Gasteiger charge is 2.19. The molecule has 166 valence electrons. The van der Waals surface area contributed by atoms with E-state index in [-0.39, 0.29) is 6.61 Å². The van der Waals surface area contributed by atoms with Gasteiger partial charge in [0.15, 0.2) is 0 Å². The number of ether oxygens (including phenoxy) is 1. The lowest BCUT2D eigenvalue weighted by molar-refractivity contribution is 0.100. The third-order valence-electron chi connectivity index (χ3n) is 5.05. The Hall–Kier alpha value is -2.91. The van der Waals surface area contributed by atoms with Crippen LogP contribution in [0.25, 0.3) is 16.2 Å².